The predicted octanol–water partition coefficient (Wildman–Crippen LogP) is 2.16. The lowest BCUT2D eigenvalue weighted by Crippen LogP contribution is -2.18. The molecule has 0 bridgehead atoms. The average molecular weight is 236 g/mol. The van der Waals surface area contributed by atoms with E-state index >= 15 is 0 Å². The highest BCUT2D eigenvalue weighted by molar-refractivity contribution is 6.03. The summed E-state index contributed by atoms with van der Waals surface area (Å²) in [6.07, 6.45) is 1.30. The number of hydrogen-bond acceptors (Lipinski definition) is 2. The zero-order valence-corrected chi connectivity index (χ0v) is 10.1. The van der Waals surface area contributed by atoms with Gasteiger partial charge in [-0.05, 0) is 37.0 Å². The summed E-state index contributed by atoms with van der Waals surface area (Å²) in [5.41, 5.74) is 7.68. The number of fused-ring (bicyclic) bond motifs is 1. The molecule has 0 spiro atoms. The van der Waals surface area contributed by atoms with Crippen LogP contribution in [0.2, 0.25) is 0 Å². The molecule has 0 saturated heterocycles. The van der Waals surface area contributed by atoms with Crippen molar-refractivity contribution in [3.63, 3.8) is 0 Å². The number of hydrogen-bond donors (Lipinski definition) is 2. The van der Waals surface area contributed by atoms with Crippen molar-refractivity contribution in [3.8, 4) is 0 Å². The molecule has 0 aliphatic carbocycles. The molecule has 3 nitrogen and oxygen atoms in total. The second kappa shape index (κ2) is 4.45. The van der Waals surface area contributed by atoms with Gasteiger partial charge in [0.15, 0.2) is 0 Å². The molecule has 2 unspecified atom stereocenters. The van der Waals surface area contributed by atoms with Crippen molar-refractivity contribution in [1.29, 1.82) is 0 Å². The summed E-state index contributed by atoms with van der Waals surface area (Å²) in [5, 5.41) is 2.60. The van der Waals surface area contributed by atoms with Gasteiger partial charge in [0.1, 0.15) is 5.82 Å². The molecule has 0 radical (unpaired) electrons. The van der Waals surface area contributed by atoms with Crippen molar-refractivity contribution in [2.45, 2.75) is 38.6 Å². The molecule has 1 aliphatic rings. The molecule has 1 aromatic rings. The van der Waals surface area contributed by atoms with Crippen molar-refractivity contribution >= 4 is 11.6 Å². The number of rotatable bonds is 3. The van der Waals surface area contributed by atoms with Gasteiger partial charge in [-0.3, -0.25) is 4.79 Å². The molecule has 2 rings (SSSR count). The fraction of sp³-hybridized carbons (Fsp3) is 0.462. The molecular weight excluding hydrogens is 219 g/mol. The zero-order chi connectivity index (χ0) is 12.6. The maximum Gasteiger partial charge on any atom is 0.232 e. The highest BCUT2D eigenvalue weighted by Crippen LogP contribution is 2.37. The van der Waals surface area contributed by atoms with Crippen LogP contribution >= 0.6 is 0 Å². The van der Waals surface area contributed by atoms with E-state index in [1.165, 1.54) is 6.07 Å². The Kier molecular flexibility index (Phi) is 3.15. The van der Waals surface area contributed by atoms with Crippen LogP contribution < -0.4 is 11.1 Å². The van der Waals surface area contributed by atoms with Crippen molar-refractivity contribution in [2.75, 3.05) is 5.32 Å². The Bertz CT molecular complexity index is 457. The van der Waals surface area contributed by atoms with E-state index in [0.717, 1.165) is 11.1 Å². The Morgan fingerprint density at radius 2 is 2.24 bits per heavy atom. The largest absolute Gasteiger partial charge is 0.328 e. The minimum atomic E-state index is -0.359. The molecule has 0 aromatic heterocycles. The quantitative estimate of drug-likeness (QED) is 0.845. The van der Waals surface area contributed by atoms with E-state index in [1.54, 1.807) is 0 Å². The first-order valence-corrected chi connectivity index (χ1v) is 5.91. The van der Waals surface area contributed by atoms with Gasteiger partial charge in [0.05, 0.1) is 11.6 Å². The molecule has 4 heteroatoms. The fourth-order valence-corrected chi connectivity index (χ4v) is 2.34. The van der Waals surface area contributed by atoms with Crippen LogP contribution in [0, 0.1) is 5.82 Å². The Morgan fingerprint density at radius 1 is 1.53 bits per heavy atom. The van der Waals surface area contributed by atoms with E-state index in [2.05, 4.69) is 5.32 Å². The first-order chi connectivity index (χ1) is 8.02. The average Bonchev–Trinajstić information content (AvgIpc) is 2.53. The minimum absolute atomic E-state index is 0.0161. The third kappa shape index (κ3) is 2.17. The summed E-state index contributed by atoms with van der Waals surface area (Å²) in [4.78, 5) is 11.6. The maximum atomic E-state index is 13.8. The summed E-state index contributed by atoms with van der Waals surface area (Å²) in [6, 6.07) is 3.34. The minimum Gasteiger partial charge on any atom is -0.328 e. The van der Waals surface area contributed by atoms with Gasteiger partial charge in [0, 0.05) is 6.04 Å². The van der Waals surface area contributed by atoms with Gasteiger partial charge in [0.2, 0.25) is 5.91 Å². The van der Waals surface area contributed by atoms with Crippen LogP contribution in [0.1, 0.15) is 37.3 Å². The number of nitrogens with two attached hydrogens (primary N) is 1. The first-order valence-electron chi connectivity index (χ1n) is 5.91. The second-order valence-electron chi connectivity index (χ2n) is 4.67. The Labute approximate surface area is 100 Å². The SMILES string of the molecule is CCC1C(=O)Nc2c(F)cc(CC(C)N)cc21. The third-order valence-corrected chi connectivity index (χ3v) is 3.09. The standard InChI is InChI=1S/C13H17FN2O/c1-3-9-10-5-8(4-7(2)15)6-11(14)12(10)16-13(9)17/h5-7,9H,3-4,15H2,1-2H3,(H,16,17). The number of halogens is 1. The monoisotopic (exact) mass is 236 g/mol. The molecule has 92 valence electrons. The summed E-state index contributed by atoms with van der Waals surface area (Å²) >= 11 is 0. The van der Waals surface area contributed by atoms with E-state index < -0.39 is 0 Å². The van der Waals surface area contributed by atoms with Crippen LogP contribution in [0.15, 0.2) is 12.1 Å². The van der Waals surface area contributed by atoms with Gasteiger partial charge in [-0.25, -0.2) is 4.39 Å². The van der Waals surface area contributed by atoms with Crippen LogP contribution in [-0.2, 0) is 11.2 Å². The van der Waals surface area contributed by atoms with Crippen LogP contribution in [0.3, 0.4) is 0 Å². The second-order valence-corrected chi connectivity index (χ2v) is 4.67. The smallest absolute Gasteiger partial charge is 0.232 e. The summed E-state index contributed by atoms with van der Waals surface area (Å²) in [5.74, 6) is -0.700. The molecule has 1 aromatic carbocycles. The molecule has 17 heavy (non-hydrogen) atoms. The highest BCUT2D eigenvalue weighted by Gasteiger charge is 2.31. The third-order valence-electron chi connectivity index (χ3n) is 3.09. The van der Waals surface area contributed by atoms with Crippen LogP contribution in [-0.4, -0.2) is 11.9 Å². The van der Waals surface area contributed by atoms with Crippen molar-refractivity contribution in [1.82, 2.24) is 0 Å². The number of carbonyl (C=O) groups excluding carboxylic acids is 1. The lowest BCUT2D eigenvalue weighted by molar-refractivity contribution is -0.117. The number of nitrogens with one attached hydrogen (secondary N) is 1. The van der Waals surface area contributed by atoms with E-state index in [1.807, 2.05) is 19.9 Å². The van der Waals surface area contributed by atoms with Crippen molar-refractivity contribution in [2.24, 2.45) is 5.73 Å². The van der Waals surface area contributed by atoms with Crippen LogP contribution in [0.5, 0.6) is 0 Å². The molecule has 1 aliphatic heterocycles. The summed E-state index contributed by atoms with van der Waals surface area (Å²) < 4.78 is 13.8. The van der Waals surface area contributed by atoms with Gasteiger partial charge in [0.25, 0.3) is 0 Å². The normalized spacial score (nSPS) is 20.0. The van der Waals surface area contributed by atoms with Gasteiger partial charge in [-0.1, -0.05) is 13.0 Å². The lowest BCUT2D eigenvalue weighted by Gasteiger charge is -2.10. The highest BCUT2D eigenvalue weighted by atomic mass is 19.1. The molecule has 0 fully saturated rings. The molecule has 1 heterocycles. The molecule has 2 atom stereocenters. The zero-order valence-electron chi connectivity index (χ0n) is 10.1. The lowest BCUT2D eigenvalue weighted by atomic mass is 9.94. The van der Waals surface area contributed by atoms with Crippen LogP contribution in [0.4, 0.5) is 10.1 Å². The van der Waals surface area contributed by atoms with E-state index in [0.29, 0.717) is 18.5 Å². The number of carbonyl (C=O) groups is 1. The summed E-state index contributed by atoms with van der Waals surface area (Å²) in [7, 11) is 0. The van der Waals surface area contributed by atoms with E-state index in [9.17, 15) is 9.18 Å². The molecular formula is C13H17FN2O. The molecule has 3 N–H and O–H groups in total. The van der Waals surface area contributed by atoms with Gasteiger partial charge in [-0.15, -0.1) is 0 Å². The maximum absolute atomic E-state index is 13.8. The number of anilines is 1. The summed E-state index contributed by atoms with van der Waals surface area (Å²) in [6.45, 7) is 3.81. The van der Waals surface area contributed by atoms with E-state index in [4.69, 9.17) is 5.73 Å². The molecule has 1 amide bonds. The van der Waals surface area contributed by atoms with Crippen molar-refractivity contribution < 1.29 is 9.18 Å². The van der Waals surface area contributed by atoms with Gasteiger partial charge in [-0.2, -0.15) is 0 Å². The number of benzene rings is 1. The Hall–Kier alpha value is -1.42. The van der Waals surface area contributed by atoms with E-state index in [-0.39, 0.29) is 23.7 Å². The Balaban J connectivity index is 2.43. The van der Waals surface area contributed by atoms with Crippen LogP contribution in [0.25, 0.3) is 0 Å². The van der Waals surface area contributed by atoms with Gasteiger partial charge < -0.3 is 11.1 Å². The fourth-order valence-electron chi connectivity index (χ4n) is 2.34. The first kappa shape index (κ1) is 12.0. The topological polar surface area (TPSA) is 55.1 Å². The predicted molar refractivity (Wildman–Crippen MR) is 65.4 cm³/mol. The number of amides is 1. The van der Waals surface area contributed by atoms with Gasteiger partial charge >= 0.3 is 0 Å². The van der Waals surface area contributed by atoms with Crippen molar-refractivity contribution in [3.05, 3.63) is 29.1 Å². The Morgan fingerprint density at radius 3 is 2.82 bits per heavy atom. The molecule has 0 saturated carbocycles.